The summed E-state index contributed by atoms with van der Waals surface area (Å²) in [6.07, 6.45) is 0.0494. The van der Waals surface area contributed by atoms with Gasteiger partial charge in [-0.15, -0.1) is 0 Å². The summed E-state index contributed by atoms with van der Waals surface area (Å²) < 4.78 is 5.12. The van der Waals surface area contributed by atoms with Crippen molar-refractivity contribution >= 4 is 29.2 Å². The molecule has 0 bridgehead atoms. The number of carbonyl (C=O) groups is 3. The third kappa shape index (κ3) is 4.08. The van der Waals surface area contributed by atoms with Gasteiger partial charge >= 0.3 is 5.97 Å². The number of carbonyl (C=O) groups excluding carboxylic acids is 2. The van der Waals surface area contributed by atoms with E-state index >= 15 is 0 Å². The van der Waals surface area contributed by atoms with Gasteiger partial charge in [0.1, 0.15) is 12.3 Å². The van der Waals surface area contributed by atoms with Gasteiger partial charge in [-0.1, -0.05) is 18.2 Å². The van der Waals surface area contributed by atoms with Crippen molar-refractivity contribution < 1.29 is 24.2 Å². The number of rotatable bonds is 6. The Morgan fingerprint density at radius 1 is 1.15 bits per heavy atom. The molecule has 0 radical (unpaired) electrons. The second-order valence-corrected chi connectivity index (χ2v) is 6.26. The number of carboxylic acids is 1. The van der Waals surface area contributed by atoms with Crippen LogP contribution in [-0.2, 0) is 14.4 Å². The van der Waals surface area contributed by atoms with Crippen LogP contribution in [0.2, 0.25) is 0 Å². The monoisotopic (exact) mass is 368 g/mol. The fourth-order valence-electron chi connectivity index (χ4n) is 3.14. The number of carboxylic acid groups (broad SMARTS) is 1. The number of nitrogens with zero attached hydrogens (tertiary/aromatic N) is 2. The minimum absolute atomic E-state index is 0.0494. The van der Waals surface area contributed by atoms with Crippen molar-refractivity contribution in [3.05, 3.63) is 54.6 Å². The molecule has 1 atom stereocenters. The quantitative estimate of drug-likeness (QED) is 0.844. The van der Waals surface area contributed by atoms with Crippen LogP contribution in [0.1, 0.15) is 6.42 Å². The molecule has 27 heavy (non-hydrogen) atoms. The maximum absolute atomic E-state index is 13.0. The molecule has 2 aromatic rings. The lowest BCUT2D eigenvalue weighted by molar-refractivity contribution is -0.137. The average Bonchev–Trinajstić information content (AvgIpc) is 3.08. The van der Waals surface area contributed by atoms with Crippen molar-refractivity contribution in [3.63, 3.8) is 0 Å². The molecule has 7 heteroatoms. The Morgan fingerprint density at radius 2 is 1.81 bits per heavy atom. The summed E-state index contributed by atoms with van der Waals surface area (Å²) in [7, 11) is 1.56. The highest BCUT2D eigenvalue weighted by Gasteiger charge is 2.38. The Bertz CT molecular complexity index is 835. The molecule has 1 fully saturated rings. The second-order valence-electron chi connectivity index (χ2n) is 6.26. The summed E-state index contributed by atoms with van der Waals surface area (Å²) >= 11 is 0. The van der Waals surface area contributed by atoms with Crippen molar-refractivity contribution in [1.82, 2.24) is 0 Å². The normalized spacial score (nSPS) is 16.3. The molecule has 0 aromatic heterocycles. The first-order valence-corrected chi connectivity index (χ1v) is 8.52. The van der Waals surface area contributed by atoms with Gasteiger partial charge in [-0.25, -0.2) is 0 Å². The van der Waals surface area contributed by atoms with Crippen molar-refractivity contribution in [2.24, 2.45) is 5.92 Å². The largest absolute Gasteiger partial charge is 0.497 e. The van der Waals surface area contributed by atoms with Gasteiger partial charge in [-0.3, -0.25) is 14.4 Å². The third-order valence-corrected chi connectivity index (χ3v) is 4.49. The van der Waals surface area contributed by atoms with Crippen LogP contribution in [0.5, 0.6) is 5.75 Å². The van der Waals surface area contributed by atoms with E-state index < -0.39 is 18.4 Å². The maximum atomic E-state index is 13.0. The molecule has 1 heterocycles. The first-order valence-electron chi connectivity index (χ1n) is 8.52. The lowest BCUT2D eigenvalue weighted by atomic mass is 10.1. The standard InChI is InChI=1S/C20H20N2O5/c1-27-17-9-7-16(8-10-17)21-12-14(11-18(21)23)20(26)22(13-19(24)25)15-5-3-2-4-6-15/h2-10,14H,11-13H2,1H3,(H,24,25). The molecule has 7 nitrogen and oxygen atoms in total. The van der Waals surface area contributed by atoms with Crippen LogP contribution >= 0.6 is 0 Å². The number of benzene rings is 2. The lowest BCUT2D eigenvalue weighted by Gasteiger charge is -2.24. The highest BCUT2D eigenvalue weighted by atomic mass is 16.5. The van der Waals surface area contributed by atoms with E-state index in [0.717, 1.165) is 0 Å². The van der Waals surface area contributed by atoms with Crippen LogP contribution in [0.25, 0.3) is 0 Å². The zero-order valence-electron chi connectivity index (χ0n) is 14.9. The molecule has 2 aromatic carbocycles. The fraction of sp³-hybridized carbons (Fsp3) is 0.250. The number of ether oxygens (including phenoxy) is 1. The lowest BCUT2D eigenvalue weighted by Crippen LogP contribution is -2.40. The predicted molar refractivity (Wildman–Crippen MR) is 99.9 cm³/mol. The van der Waals surface area contributed by atoms with Crippen LogP contribution in [0.4, 0.5) is 11.4 Å². The Kier molecular flexibility index (Phi) is 5.40. The minimum Gasteiger partial charge on any atom is -0.497 e. The Hall–Kier alpha value is -3.35. The molecule has 2 amide bonds. The van der Waals surface area contributed by atoms with E-state index in [-0.39, 0.29) is 24.8 Å². The number of para-hydroxylation sites is 1. The number of hydrogen-bond donors (Lipinski definition) is 1. The molecule has 3 rings (SSSR count). The zero-order chi connectivity index (χ0) is 19.4. The summed E-state index contributed by atoms with van der Waals surface area (Å²) in [5.41, 5.74) is 1.18. The zero-order valence-corrected chi connectivity index (χ0v) is 14.9. The summed E-state index contributed by atoms with van der Waals surface area (Å²) in [4.78, 5) is 39.4. The predicted octanol–water partition coefficient (Wildman–Crippen LogP) is 2.17. The van der Waals surface area contributed by atoms with Gasteiger partial charge in [0.15, 0.2) is 0 Å². The van der Waals surface area contributed by atoms with E-state index in [1.54, 1.807) is 66.6 Å². The highest BCUT2D eigenvalue weighted by molar-refractivity contribution is 6.05. The second kappa shape index (κ2) is 7.90. The molecule has 0 saturated carbocycles. The Morgan fingerprint density at radius 3 is 2.41 bits per heavy atom. The smallest absolute Gasteiger partial charge is 0.323 e. The number of methoxy groups -OCH3 is 1. The molecule has 140 valence electrons. The maximum Gasteiger partial charge on any atom is 0.323 e. The fourth-order valence-corrected chi connectivity index (χ4v) is 3.14. The number of anilines is 2. The van der Waals surface area contributed by atoms with E-state index in [1.807, 2.05) is 0 Å². The summed E-state index contributed by atoms with van der Waals surface area (Å²) in [5.74, 6) is -1.56. The van der Waals surface area contributed by atoms with Crippen molar-refractivity contribution in [2.45, 2.75) is 6.42 Å². The van der Waals surface area contributed by atoms with Crippen LogP contribution in [-0.4, -0.2) is 43.1 Å². The summed E-state index contributed by atoms with van der Waals surface area (Å²) in [5, 5.41) is 9.19. The third-order valence-electron chi connectivity index (χ3n) is 4.49. The number of amides is 2. The van der Waals surface area contributed by atoms with Crippen LogP contribution in [0.3, 0.4) is 0 Å². The van der Waals surface area contributed by atoms with Crippen LogP contribution < -0.4 is 14.5 Å². The number of hydrogen-bond acceptors (Lipinski definition) is 4. The molecule has 1 aliphatic rings. The molecular weight excluding hydrogens is 348 g/mol. The molecular formula is C20H20N2O5. The van der Waals surface area contributed by atoms with Gasteiger partial charge in [0.25, 0.3) is 0 Å². The molecule has 1 aliphatic heterocycles. The van der Waals surface area contributed by atoms with E-state index in [0.29, 0.717) is 17.1 Å². The SMILES string of the molecule is COc1ccc(N2CC(C(=O)N(CC(=O)O)c3ccccc3)CC2=O)cc1. The van der Waals surface area contributed by atoms with Crippen LogP contribution in [0, 0.1) is 5.92 Å². The molecule has 1 N–H and O–H groups in total. The molecule has 0 spiro atoms. The first kappa shape index (κ1) is 18.4. The minimum atomic E-state index is -1.11. The van der Waals surface area contributed by atoms with Crippen molar-refractivity contribution in [1.29, 1.82) is 0 Å². The van der Waals surface area contributed by atoms with Crippen LogP contribution in [0.15, 0.2) is 54.6 Å². The van der Waals surface area contributed by atoms with Gasteiger partial charge in [-0.05, 0) is 36.4 Å². The Labute approximate surface area is 156 Å². The van der Waals surface area contributed by atoms with Crippen molar-refractivity contribution in [2.75, 3.05) is 30.0 Å². The van der Waals surface area contributed by atoms with Gasteiger partial charge in [0.2, 0.25) is 11.8 Å². The van der Waals surface area contributed by atoms with Gasteiger partial charge in [0, 0.05) is 24.3 Å². The Balaban J connectivity index is 1.79. The average molecular weight is 368 g/mol. The molecule has 0 aliphatic carbocycles. The summed E-state index contributed by atoms with van der Waals surface area (Å²) in [6, 6.07) is 15.6. The highest BCUT2D eigenvalue weighted by Crippen LogP contribution is 2.29. The van der Waals surface area contributed by atoms with E-state index in [1.165, 1.54) is 4.90 Å². The first-order chi connectivity index (χ1) is 13.0. The summed E-state index contributed by atoms with van der Waals surface area (Å²) in [6.45, 7) is -0.233. The van der Waals surface area contributed by atoms with E-state index in [9.17, 15) is 19.5 Å². The van der Waals surface area contributed by atoms with Crippen molar-refractivity contribution in [3.8, 4) is 5.75 Å². The topological polar surface area (TPSA) is 87.2 Å². The van der Waals surface area contributed by atoms with Gasteiger partial charge in [0.05, 0.1) is 13.0 Å². The van der Waals surface area contributed by atoms with Gasteiger partial charge < -0.3 is 19.6 Å². The van der Waals surface area contributed by atoms with Gasteiger partial charge in [-0.2, -0.15) is 0 Å². The van der Waals surface area contributed by atoms with E-state index in [4.69, 9.17) is 4.74 Å². The molecule has 1 saturated heterocycles. The molecule has 1 unspecified atom stereocenters. The number of aliphatic carboxylic acids is 1. The van der Waals surface area contributed by atoms with E-state index in [2.05, 4.69) is 0 Å².